The van der Waals surface area contributed by atoms with Crippen LogP contribution in [0.4, 0.5) is 0 Å². The molecule has 0 heterocycles. The number of halogens is 3. The fraction of sp³-hybridized carbons (Fsp3) is 0.115. The molecule has 79 heavy (non-hydrogen) atoms. The van der Waals surface area contributed by atoms with Gasteiger partial charge in [0, 0.05) is 29.8 Å². The summed E-state index contributed by atoms with van der Waals surface area (Å²) in [6.07, 6.45) is 16.5. The molecule has 0 atom stereocenters. The Morgan fingerprint density at radius 1 is 0.494 bits per heavy atom. The van der Waals surface area contributed by atoms with Gasteiger partial charge in [0.25, 0.3) is 17.7 Å². The number of phenols is 3. The molecule has 0 radical (unpaired) electrons. The average Bonchev–Trinajstić information content (AvgIpc) is 3.45. The SMILES string of the molecule is CCN(CC)C/C=C/c1cccc(/C=N/NC(=O)c2ccc(O)c(Cl)c2)c1.NC/C=C/c1cccc(/C=N/NC(=O)c2ccc(O)c(Cl)c2)c1.O=C(N/N=C/c1cccc(/C=C/COc2ccccc2)c1)c1ccc(O)c(Cl)c1. The molecule has 3 amide bonds. The molecule has 0 aliphatic rings. The Kier molecular flexibility index (Phi) is 25.8. The molecule has 0 saturated heterocycles. The number of phenolic OH excluding ortho intramolecular Hbond substituents is 3. The smallest absolute Gasteiger partial charge is 0.271 e. The van der Waals surface area contributed by atoms with Crippen molar-refractivity contribution in [3.63, 3.8) is 0 Å². The molecule has 7 rings (SSSR count). The van der Waals surface area contributed by atoms with Crippen LogP contribution in [0, 0.1) is 0 Å². The summed E-state index contributed by atoms with van der Waals surface area (Å²) in [4.78, 5) is 38.4. The van der Waals surface area contributed by atoms with Crippen LogP contribution in [0.2, 0.25) is 15.1 Å². The number of nitrogens with two attached hydrogens (primary N) is 1. The van der Waals surface area contributed by atoms with E-state index in [9.17, 15) is 29.7 Å². The Bertz CT molecular complexity index is 3310. The third-order valence-corrected chi connectivity index (χ3v) is 11.8. The highest BCUT2D eigenvalue weighted by Gasteiger charge is 2.10. The van der Waals surface area contributed by atoms with Gasteiger partial charge in [-0.2, -0.15) is 15.3 Å². The lowest BCUT2D eigenvalue weighted by Crippen LogP contribution is -2.22. The van der Waals surface area contributed by atoms with E-state index in [1.54, 1.807) is 18.6 Å². The van der Waals surface area contributed by atoms with E-state index in [1.165, 1.54) is 54.6 Å². The van der Waals surface area contributed by atoms with E-state index in [2.05, 4.69) is 62.5 Å². The number of hydrazone groups is 3. The Balaban J connectivity index is 0.000000220. The fourth-order valence-corrected chi connectivity index (χ4v) is 7.27. The maximum atomic E-state index is 12.1. The monoisotopic (exact) mass is 1120 g/mol. The maximum absolute atomic E-state index is 12.1. The van der Waals surface area contributed by atoms with Crippen LogP contribution in [-0.4, -0.2) is 89.4 Å². The number of likely N-dealkylation sites (N-methyl/N-ethyl adjacent to an activating group) is 1. The number of benzene rings is 7. The minimum Gasteiger partial charge on any atom is -0.506 e. The van der Waals surface area contributed by atoms with E-state index in [0.29, 0.717) is 29.8 Å². The summed E-state index contributed by atoms with van der Waals surface area (Å²) in [7, 11) is 0. The minimum absolute atomic E-state index is 0.0671. The molecule has 7 aromatic carbocycles. The normalized spacial score (nSPS) is 11.3. The third-order valence-electron chi connectivity index (χ3n) is 10.9. The highest BCUT2D eigenvalue weighted by molar-refractivity contribution is 6.33. The number of carbonyl (C=O) groups excluding carboxylic acids is 3. The van der Waals surface area contributed by atoms with E-state index in [4.69, 9.17) is 45.3 Å². The topological polar surface area (TPSA) is 224 Å². The van der Waals surface area contributed by atoms with Crippen LogP contribution < -0.4 is 26.7 Å². The number of ether oxygens (including phenoxy) is 1. The number of rotatable bonds is 20. The number of amides is 3. The number of nitrogens with zero attached hydrogens (tertiary/aromatic N) is 4. The van der Waals surface area contributed by atoms with Gasteiger partial charge in [-0.1, -0.05) is 152 Å². The van der Waals surface area contributed by atoms with Crippen molar-refractivity contribution < 1.29 is 34.4 Å². The molecule has 0 aliphatic heterocycles. The molecule has 15 nitrogen and oxygen atoms in total. The van der Waals surface area contributed by atoms with Crippen molar-refractivity contribution in [2.24, 2.45) is 21.0 Å². The molecule has 0 bridgehead atoms. The van der Waals surface area contributed by atoms with Crippen molar-refractivity contribution in [2.45, 2.75) is 13.8 Å². The summed E-state index contributed by atoms with van der Waals surface area (Å²) in [6, 6.07) is 45.4. The van der Waals surface area contributed by atoms with E-state index in [1.807, 2.05) is 127 Å². The second-order valence-corrected chi connectivity index (χ2v) is 17.9. The molecule has 0 spiro atoms. The van der Waals surface area contributed by atoms with E-state index >= 15 is 0 Å². The number of nitrogens with one attached hydrogen (secondary N) is 3. The van der Waals surface area contributed by atoms with Gasteiger partial charge in [0.05, 0.1) is 33.7 Å². The number of para-hydroxylation sites is 1. The second-order valence-electron chi connectivity index (χ2n) is 16.7. The average molecular weight is 1120 g/mol. The van der Waals surface area contributed by atoms with Crippen molar-refractivity contribution in [3.8, 4) is 23.0 Å². The van der Waals surface area contributed by atoms with Crippen molar-refractivity contribution in [2.75, 3.05) is 32.8 Å². The highest BCUT2D eigenvalue weighted by Crippen LogP contribution is 2.25. The maximum Gasteiger partial charge on any atom is 0.271 e. The summed E-state index contributed by atoms with van der Waals surface area (Å²) in [5, 5.41) is 40.3. The Hall–Kier alpha value is -8.83. The van der Waals surface area contributed by atoms with Crippen molar-refractivity contribution in [3.05, 3.63) is 241 Å². The highest BCUT2D eigenvalue weighted by atomic mass is 35.5. The van der Waals surface area contributed by atoms with Crippen molar-refractivity contribution in [1.82, 2.24) is 21.2 Å². The summed E-state index contributed by atoms with van der Waals surface area (Å²) in [5.74, 6) is -0.630. The molecule has 0 fully saturated rings. The van der Waals surface area contributed by atoms with Crippen molar-refractivity contribution >= 4 is 89.4 Å². The van der Waals surface area contributed by atoms with Gasteiger partial charge in [0.2, 0.25) is 0 Å². The van der Waals surface area contributed by atoms with Crippen LogP contribution in [0.3, 0.4) is 0 Å². The van der Waals surface area contributed by atoms with Gasteiger partial charge in [-0.15, -0.1) is 0 Å². The van der Waals surface area contributed by atoms with Gasteiger partial charge in [0.15, 0.2) is 0 Å². The predicted molar refractivity (Wildman–Crippen MR) is 320 cm³/mol. The summed E-state index contributed by atoms with van der Waals surface area (Å²) in [6.45, 7) is 8.20. The van der Waals surface area contributed by atoms with Crippen LogP contribution in [0.25, 0.3) is 18.2 Å². The second kappa shape index (κ2) is 33.4. The summed E-state index contributed by atoms with van der Waals surface area (Å²) < 4.78 is 5.62. The van der Waals surface area contributed by atoms with Crippen LogP contribution in [0.5, 0.6) is 23.0 Å². The first-order chi connectivity index (χ1) is 38.2. The lowest BCUT2D eigenvalue weighted by molar-refractivity contribution is 0.0947. The van der Waals surface area contributed by atoms with Crippen molar-refractivity contribution in [1.29, 1.82) is 0 Å². The molecule has 406 valence electrons. The van der Waals surface area contributed by atoms with Gasteiger partial charge in [-0.05, 0) is 137 Å². The first-order valence-electron chi connectivity index (χ1n) is 24.6. The summed E-state index contributed by atoms with van der Waals surface area (Å²) >= 11 is 17.4. The first kappa shape index (κ1) is 61.0. The predicted octanol–water partition coefficient (Wildman–Crippen LogP) is 11.8. The quantitative estimate of drug-likeness (QED) is 0.0284. The van der Waals surface area contributed by atoms with Gasteiger partial charge in [0.1, 0.15) is 29.6 Å². The molecular weight excluding hydrogens is 1060 g/mol. The van der Waals surface area contributed by atoms with Gasteiger partial charge in [-0.3, -0.25) is 14.4 Å². The zero-order valence-corrected chi connectivity index (χ0v) is 45.5. The lowest BCUT2D eigenvalue weighted by atomic mass is 10.1. The molecule has 7 aromatic rings. The Morgan fingerprint density at radius 3 is 1.23 bits per heavy atom. The number of carbonyl (C=O) groups is 3. The largest absolute Gasteiger partial charge is 0.506 e. The zero-order chi connectivity index (χ0) is 56.8. The summed E-state index contributed by atoms with van der Waals surface area (Å²) in [5.41, 5.74) is 19.3. The third kappa shape index (κ3) is 22.0. The van der Waals surface area contributed by atoms with Crippen LogP contribution in [0.1, 0.15) is 78.3 Å². The number of hydrogen-bond donors (Lipinski definition) is 7. The van der Waals surface area contributed by atoms with E-state index in [0.717, 1.165) is 58.8 Å². The van der Waals surface area contributed by atoms with Gasteiger partial charge < -0.3 is 30.7 Å². The minimum atomic E-state index is -0.419. The zero-order valence-electron chi connectivity index (χ0n) is 43.2. The van der Waals surface area contributed by atoms with Gasteiger partial charge in [-0.25, -0.2) is 16.3 Å². The van der Waals surface area contributed by atoms with Gasteiger partial charge >= 0.3 is 0 Å². The number of hydrogen-bond acceptors (Lipinski definition) is 12. The first-order valence-corrected chi connectivity index (χ1v) is 25.7. The lowest BCUT2D eigenvalue weighted by Gasteiger charge is -2.14. The standard InChI is InChI=1S/C23H19ClN2O3.C21H24ClN3O2.C17H16ClN3O2/c24-21-15-19(11-12-22(21)27)23(28)26-25-16-18-7-4-6-17(14-18)8-5-13-29-20-9-2-1-3-10-20;1-3-25(4-2)12-6-9-16-7-5-8-17(13-16)15-23-24-21(27)18-10-11-20(26)19(22)14-18;18-15-10-14(6-7-16(15)22)17(23)21-20-11-13-4-1-3-12(9-13)5-2-8-19/h1-12,14-16,27H,13H2,(H,26,28);5-11,13-15,26H,3-4,12H2,1-2H3,(H,24,27);1-7,9-11,22H,8,19H2,(H,21,23)/b8-5+,25-16+;9-6+,23-15+;5-2+,20-11+. The molecular formula is C61H59Cl3N8O7. The Labute approximate surface area is 474 Å². The molecule has 0 aliphatic carbocycles. The molecule has 0 saturated carbocycles. The molecule has 0 unspecified atom stereocenters. The van der Waals surface area contributed by atoms with Crippen LogP contribution in [-0.2, 0) is 0 Å². The van der Waals surface area contributed by atoms with E-state index < -0.39 is 17.7 Å². The fourth-order valence-electron chi connectivity index (χ4n) is 6.73. The Morgan fingerprint density at radius 2 is 0.861 bits per heavy atom. The van der Waals surface area contributed by atoms with Crippen LogP contribution in [0.15, 0.2) is 191 Å². The number of aromatic hydroxyl groups is 3. The molecule has 8 N–H and O–H groups in total. The molecule has 18 heteroatoms. The van der Waals surface area contributed by atoms with E-state index in [-0.39, 0.29) is 32.3 Å². The van der Waals surface area contributed by atoms with Crippen LogP contribution >= 0.6 is 34.8 Å². The molecule has 0 aromatic heterocycles.